The number of carbonyl (C=O) groups is 3. The molecule has 0 saturated heterocycles. The van der Waals surface area contributed by atoms with Gasteiger partial charge in [-0.2, -0.15) is 0 Å². The lowest BCUT2D eigenvalue weighted by atomic mass is 9.80. The van der Waals surface area contributed by atoms with Crippen LogP contribution in [0.1, 0.15) is 72.6 Å². The maximum atomic E-state index is 13.1. The SMILES string of the molecule is CCC(CC)(CC)COC(=O)C(C)(COC(=O)CCCN(C)C)COC(=O)CCCN(C)C. The number of hydrogen-bond donors (Lipinski definition) is 0. The zero-order valence-electron chi connectivity index (χ0n) is 22.3. The molecule has 0 N–H and O–H groups in total. The molecule has 8 nitrogen and oxygen atoms in total. The molecule has 0 unspecified atom stereocenters. The predicted molar refractivity (Wildman–Crippen MR) is 130 cm³/mol. The van der Waals surface area contributed by atoms with Crippen molar-refractivity contribution < 1.29 is 28.6 Å². The Morgan fingerprint density at radius 1 is 0.667 bits per heavy atom. The molecule has 0 aliphatic heterocycles. The van der Waals surface area contributed by atoms with Crippen LogP contribution in [-0.2, 0) is 28.6 Å². The van der Waals surface area contributed by atoms with Crippen LogP contribution in [0.2, 0.25) is 0 Å². The second-order valence-corrected chi connectivity index (χ2v) is 9.83. The van der Waals surface area contributed by atoms with Crippen molar-refractivity contribution in [3.05, 3.63) is 0 Å². The number of rotatable bonds is 18. The molecule has 0 fully saturated rings. The third-order valence-electron chi connectivity index (χ3n) is 6.33. The van der Waals surface area contributed by atoms with Crippen molar-refractivity contribution in [2.75, 3.05) is 61.1 Å². The first-order chi connectivity index (χ1) is 15.4. The fraction of sp³-hybridized carbons (Fsp3) is 0.880. The van der Waals surface area contributed by atoms with Gasteiger partial charge in [-0.05, 0) is 80.3 Å². The normalized spacial score (nSPS) is 12.2. The molecule has 0 amide bonds. The lowest BCUT2D eigenvalue weighted by Crippen LogP contribution is -2.42. The number of carbonyl (C=O) groups excluding carboxylic acids is 3. The minimum Gasteiger partial charge on any atom is -0.464 e. The van der Waals surface area contributed by atoms with Gasteiger partial charge in [0, 0.05) is 18.3 Å². The maximum Gasteiger partial charge on any atom is 0.318 e. The summed E-state index contributed by atoms with van der Waals surface area (Å²) < 4.78 is 16.5. The molecule has 0 atom stereocenters. The van der Waals surface area contributed by atoms with E-state index in [9.17, 15) is 14.4 Å². The second kappa shape index (κ2) is 16.0. The van der Waals surface area contributed by atoms with Gasteiger partial charge in [0.2, 0.25) is 0 Å². The Kier molecular flexibility index (Phi) is 15.2. The molecule has 0 aromatic carbocycles. The Labute approximate surface area is 201 Å². The molecule has 8 heteroatoms. The first-order valence-electron chi connectivity index (χ1n) is 12.2. The van der Waals surface area contributed by atoms with Gasteiger partial charge in [-0.1, -0.05) is 20.8 Å². The van der Waals surface area contributed by atoms with Crippen LogP contribution < -0.4 is 0 Å². The number of nitrogens with zero attached hydrogens (tertiary/aromatic N) is 2. The number of esters is 3. The fourth-order valence-electron chi connectivity index (χ4n) is 3.31. The zero-order chi connectivity index (χ0) is 25.5. The molecule has 0 spiro atoms. The van der Waals surface area contributed by atoms with Crippen molar-refractivity contribution in [3.8, 4) is 0 Å². The van der Waals surface area contributed by atoms with Gasteiger partial charge in [0.1, 0.15) is 18.6 Å². The topological polar surface area (TPSA) is 85.4 Å². The Bertz CT molecular complexity index is 549. The minimum atomic E-state index is -1.25. The van der Waals surface area contributed by atoms with Gasteiger partial charge in [-0.3, -0.25) is 14.4 Å². The zero-order valence-corrected chi connectivity index (χ0v) is 22.3. The van der Waals surface area contributed by atoms with E-state index in [-0.39, 0.29) is 43.4 Å². The molecule has 194 valence electrons. The minimum absolute atomic E-state index is 0.0811. The van der Waals surface area contributed by atoms with Crippen molar-refractivity contribution >= 4 is 17.9 Å². The lowest BCUT2D eigenvalue weighted by molar-refractivity contribution is -0.173. The van der Waals surface area contributed by atoms with E-state index in [1.165, 1.54) is 0 Å². The predicted octanol–water partition coefficient (Wildman–Crippen LogP) is 3.52. The molecule has 0 bridgehead atoms. The van der Waals surface area contributed by atoms with Crippen molar-refractivity contribution in [2.24, 2.45) is 10.8 Å². The molecule has 0 radical (unpaired) electrons. The fourth-order valence-corrected chi connectivity index (χ4v) is 3.31. The van der Waals surface area contributed by atoms with Crippen molar-refractivity contribution in [1.82, 2.24) is 9.80 Å². The Balaban J connectivity index is 5.09. The first-order valence-corrected chi connectivity index (χ1v) is 12.2. The molecule has 0 aromatic rings. The van der Waals surface area contributed by atoms with Gasteiger partial charge in [-0.25, -0.2) is 0 Å². The average molecular weight is 473 g/mol. The molecule has 0 aromatic heterocycles. The summed E-state index contributed by atoms with van der Waals surface area (Å²) in [5.74, 6) is -1.26. The summed E-state index contributed by atoms with van der Waals surface area (Å²) in [6, 6.07) is 0. The summed E-state index contributed by atoms with van der Waals surface area (Å²) in [5, 5.41) is 0. The van der Waals surface area contributed by atoms with E-state index in [0.29, 0.717) is 19.4 Å². The van der Waals surface area contributed by atoms with Gasteiger partial charge >= 0.3 is 17.9 Å². The molecular weight excluding hydrogens is 424 g/mol. The van der Waals surface area contributed by atoms with E-state index in [4.69, 9.17) is 14.2 Å². The Morgan fingerprint density at radius 3 is 1.39 bits per heavy atom. The average Bonchev–Trinajstić information content (AvgIpc) is 2.77. The number of ether oxygens (including phenoxy) is 3. The van der Waals surface area contributed by atoms with E-state index in [2.05, 4.69) is 20.8 Å². The highest BCUT2D eigenvalue weighted by Gasteiger charge is 2.40. The van der Waals surface area contributed by atoms with Crippen LogP contribution in [0.5, 0.6) is 0 Å². The summed E-state index contributed by atoms with van der Waals surface area (Å²) in [4.78, 5) is 41.4. The van der Waals surface area contributed by atoms with Crippen LogP contribution in [0.3, 0.4) is 0 Å². The smallest absolute Gasteiger partial charge is 0.318 e. The van der Waals surface area contributed by atoms with Crippen LogP contribution >= 0.6 is 0 Å². The van der Waals surface area contributed by atoms with Crippen LogP contribution in [0.25, 0.3) is 0 Å². The highest BCUT2D eigenvalue weighted by atomic mass is 16.6. The van der Waals surface area contributed by atoms with Crippen LogP contribution in [0, 0.1) is 10.8 Å². The molecule has 0 rings (SSSR count). The molecule has 0 heterocycles. The van der Waals surface area contributed by atoms with Gasteiger partial charge in [-0.15, -0.1) is 0 Å². The largest absolute Gasteiger partial charge is 0.464 e. The summed E-state index contributed by atoms with van der Waals surface area (Å²) in [6.07, 6.45) is 4.54. The summed E-state index contributed by atoms with van der Waals surface area (Å²) in [7, 11) is 7.75. The first kappa shape index (κ1) is 31.3. The van der Waals surface area contributed by atoms with Crippen molar-refractivity contribution in [1.29, 1.82) is 0 Å². The van der Waals surface area contributed by atoms with E-state index < -0.39 is 11.4 Å². The number of hydrogen-bond acceptors (Lipinski definition) is 8. The summed E-state index contributed by atoms with van der Waals surface area (Å²) in [5.41, 5.74) is -1.34. The highest BCUT2D eigenvalue weighted by Crippen LogP contribution is 2.32. The van der Waals surface area contributed by atoms with Crippen LogP contribution in [0.15, 0.2) is 0 Å². The van der Waals surface area contributed by atoms with E-state index in [1.54, 1.807) is 6.92 Å². The Morgan fingerprint density at radius 2 is 1.06 bits per heavy atom. The van der Waals surface area contributed by atoms with Gasteiger partial charge in [0.05, 0.1) is 6.61 Å². The highest BCUT2D eigenvalue weighted by molar-refractivity contribution is 5.78. The Hall–Kier alpha value is -1.67. The third kappa shape index (κ3) is 13.0. The summed E-state index contributed by atoms with van der Waals surface area (Å²) >= 11 is 0. The van der Waals surface area contributed by atoms with Gasteiger partial charge < -0.3 is 24.0 Å². The van der Waals surface area contributed by atoms with Crippen molar-refractivity contribution in [2.45, 2.75) is 72.6 Å². The molecule has 0 aliphatic rings. The quantitative estimate of drug-likeness (QED) is 0.221. The van der Waals surface area contributed by atoms with Gasteiger partial charge in [0.25, 0.3) is 0 Å². The van der Waals surface area contributed by atoms with Crippen LogP contribution in [0.4, 0.5) is 0 Å². The second-order valence-electron chi connectivity index (χ2n) is 9.83. The lowest BCUT2D eigenvalue weighted by Gasteiger charge is -2.32. The standard InChI is InChI=1S/C25H48N2O6/c1-9-25(10-2,11-3)20-33-23(30)24(4,18-31-21(28)14-12-16-26(5)6)19-32-22(29)15-13-17-27(7)8/h9-20H2,1-8H3. The summed E-state index contributed by atoms with van der Waals surface area (Å²) in [6.45, 7) is 9.35. The van der Waals surface area contributed by atoms with Gasteiger partial charge in [0.15, 0.2) is 0 Å². The van der Waals surface area contributed by atoms with E-state index >= 15 is 0 Å². The molecular formula is C25H48N2O6. The molecule has 33 heavy (non-hydrogen) atoms. The maximum absolute atomic E-state index is 13.1. The van der Waals surface area contributed by atoms with Crippen LogP contribution in [-0.4, -0.2) is 88.8 Å². The third-order valence-corrected chi connectivity index (χ3v) is 6.33. The molecule has 0 saturated carbocycles. The monoisotopic (exact) mass is 472 g/mol. The van der Waals surface area contributed by atoms with Crippen molar-refractivity contribution in [3.63, 3.8) is 0 Å². The van der Waals surface area contributed by atoms with E-state index in [0.717, 1.165) is 32.4 Å². The van der Waals surface area contributed by atoms with E-state index in [1.807, 2.05) is 38.0 Å². The molecule has 0 aliphatic carbocycles.